The molecule has 0 bridgehead atoms. The van der Waals surface area contributed by atoms with Crippen molar-refractivity contribution in [1.82, 2.24) is 0 Å². The number of carbonyl (C=O) groups excluding carboxylic acids is 2. The number of hydrogen-bond acceptors (Lipinski definition) is 4. The van der Waals surface area contributed by atoms with Crippen LogP contribution in [0.25, 0.3) is 0 Å². The van der Waals surface area contributed by atoms with Gasteiger partial charge in [0.1, 0.15) is 0 Å². The number of anilines is 1. The maximum Gasteiger partial charge on any atom is 0.337 e. The molecule has 0 spiro atoms. The van der Waals surface area contributed by atoms with Gasteiger partial charge in [-0.3, -0.25) is 4.79 Å². The SMILES string of the molecule is CCC(CC)(CN)C(=O)Nc1ccc(C(=O)OC)cc1.Cl. The Bertz CT molecular complexity index is 462. The highest BCUT2D eigenvalue weighted by Gasteiger charge is 2.33. The van der Waals surface area contributed by atoms with Gasteiger partial charge in [-0.2, -0.15) is 0 Å². The largest absolute Gasteiger partial charge is 0.465 e. The molecule has 21 heavy (non-hydrogen) atoms. The van der Waals surface area contributed by atoms with E-state index >= 15 is 0 Å². The van der Waals surface area contributed by atoms with Gasteiger partial charge in [0.05, 0.1) is 18.1 Å². The van der Waals surface area contributed by atoms with Crippen molar-refractivity contribution >= 4 is 30.0 Å². The number of amides is 1. The summed E-state index contributed by atoms with van der Waals surface area (Å²) in [5, 5.41) is 2.85. The first-order valence-corrected chi connectivity index (χ1v) is 6.73. The van der Waals surface area contributed by atoms with Crippen LogP contribution in [-0.2, 0) is 9.53 Å². The quantitative estimate of drug-likeness (QED) is 0.791. The number of esters is 1. The highest BCUT2D eigenvalue weighted by atomic mass is 35.5. The first-order chi connectivity index (χ1) is 9.52. The van der Waals surface area contributed by atoms with Gasteiger partial charge < -0.3 is 15.8 Å². The Morgan fingerprint density at radius 2 is 1.71 bits per heavy atom. The van der Waals surface area contributed by atoms with Gasteiger partial charge in [-0.15, -0.1) is 12.4 Å². The lowest BCUT2D eigenvalue weighted by Gasteiger charge is -2.28. The van der Waals surface area contributed by atoms with Crippen LogP contribution in [0.4, 0.5) is 5.69 Å². The third kappa shape index (κ3) is 4.44. The summed E-state index contributed by atoms with van der Waals surface area (Å²) in [5.74, 6) is -0.489. The first kappa shape index (κ1) is 19.4. The number of nitrogens with two attached hydrogens (primary N) is 1. The van der Waals surface area contributed by atoms with Gasteiger partial charge in [-0.1, -0.05) is 13.8 Å². The van der Waals surface area contributed by atoms with E-state index in [1.54, 1.807) is 24.3 Å². The normalized spacial score (nSPS) is 10.5. The van der Waals surface area contributed by atoms with E-state index in [1.807, 2.05) is 13.8 Å². The average molecular weight is 315 g/mol. The molecule has 0 saturated carbocycles. The molecule has 0 atom stereocenters. The molecule has 0 fully saturated rings. The molecule has 0 saturated heterocycles. The highest BCUT2D eigenvalue weighted by Crippen LogP contribution is 2.27. The van der Waals surface area contributed by atoms with Crippen LogP contribution < -0.4 is 11.1 Å². The maximum absolute atomic E-state index is 12.3. The summed E-state index contributed by atoms with van der Waals surface area (Å²) < 4.78 is 4.62. The number of ether oxygens (including phenoxy) is 1. The molecule has 0 aliphatic heterocycles. The van der Waals surface area contributed by atoms with Gasteiger partial charge in [0.2, 0.25) is 5.91 Å². The van der Waals surface area contributed by atoms with Crippen LogP contribution in [0.2, 0.25) is 0 Å². The molecule has 3 N–H and O–H groups in total. The van der Waals surface area contributed by atoms with E-state index in [2.05, 4.69) is 10.1 Å². The van der Waals surface area contributed by atoms with Crippen molar-refractivity contribution in [3.8, 4) is 0 Å². The van der Waals surface area contributed by atoms with E-state index in [0.29, 0.717) is 30.6 Å². The van der Waals surface area contributed by atoms with Gasteiger partial charge in [-0.05, 0) is 37.1 Å². The first-order valence-electron chi connectivity index (χ1n) is 6.73. The zero-order valence-corrected chi connectivity index (χ0v) is 13.5. The zero-order chi connectivity index (χ0) is 15.2. The van der Waals surface area contributed by atoms with Crippen LogP contribution in [0.1, 0.15) is 37.0 Å². The molecular weight excluding hydrogens is 292 g/mol. The minimum atomic E-state index is -0.541. The molecule has 1 rings (SSSR count). The van der Waals surface area contributed by atoms with Crippen LogP contribution in [-0.4, -0.2) is 25.5 Å². The summed E-state index contributed by atoms with van der Waals surface area (Å²) >= 11 is 0. The van der Waals surface area contributed by atoms with E-state index in [1.165, 1.54) is 7.11 Å². The number of hydrogen-bond donors (Lipinski definition) is 2. The van der Waals surface area contributed by atoms with Crippen LogP contribution in [0.5, 0.6) is 0 Å². The fraction of sp³-hybridized carbons (Fsp3) is 0.467. The van der Waals surface area contributed by atoms with Gasteiger partial charge in [0.25, 0.3) is 0 Å². The molecule has 5 nitrogen and oxygen atoms in total. The molecule has 0 aliphatic carbocycles. The predicted octanol–water partition coefficient (Wildman–Crippen LogP) is 2.60. The minimum Gasteiger partial charge on any atom is -0.465 e. The van der Waals surface area contributed by atoms with E-state index < -0.39 is 11.4 Å². The van der Waals surface area contributed by atoms with Crippen LogP contribution in [0.3, 0.4) is 0 Å². The van der Waals surface area contributed by atoms with Crippen LogP contribution in [0.15, 0.2) is 24.3 Å². The van der Waals surface area contributed by atoms with Crippen molar-refractivity contribution in [2.45, 2.75) is 26.7 Å². The third-order valence-electron chi connectivity index (χ3n) is 3.79. The molecule has 1 amide bonds. The molecule has 0 unspecified atom stereocenters. The van der Waals surface area contributed by atoms with Crippen molar-refractivity contribution in [3.63, 3.8) is 0 Å². The Morgan fingerprint density at radius 3 is 2.10 bits per heavy atom. The average Bonchev–Trinajstić information content (AvgIpc) is 2.49. The molecule has 0 radical (unpaired) electrons. The second-order valence-corrected chi connectivity index (χ2v) is 4.71. The van der Waals surface area contributed by atoms with Crippen molar-refractivity contribution in [1.29, 1.82) is 0 Å². The minimum absolute atomic E-state index is 0. The molecule has 1 aromatic rings. The number of rotatable bonds is 6. The second-order valence-electron chi connectivity index (χ2n) is 4.71. The molecular formula is C15H23ClN2O3. The number of carbonyl (C=O) groups is 2. The topological polar surface area (TPSA) is 81.4 Å². The predicted molar refractivity (Wildman–Crippen MR) is 85.7 cm³/mol. The van der Waals surface area contributed by atoms with E-state index in [4.69, 9.17) is 5.73 Å². The molecule has 0 heterocycles. The van der Waals surface area contributed by atoms with E-state index in [0.717, 1.165) is 0 Å². The lowest BCUT2D eigenvalue weighted by Crippen LogP contribution is -2.41. The Balaban J connectivity index is 0.00000400. The molecule has 0 aromatic heterocycles. The van der Waals surface area contributed by atoms with Crippen molar-refractivity contribution < 1.29 is 14.3 Å². The summed E-state index contributed by atoms with van der Waals surface area (Å²) in [6.45, 7) is 4.22. The lowest BCUT2D eigenvalue weighted by molar-refractivity contribution is -0.125. The number of methoxy groups -OCH3 is 1. The Labute approximate surface area is 131 Å². The number of benzene rings is 1. The summed E-state index contributed by atoms with van der Waals surface area (Å²) in [6.07, 6.45) is 1.37. The van der Waals surface area contributed by atoms with Crippen molar-refractivity contribution in [2.24, 2.45) is 11.1 Å². The van der Waals surface area contributed by atoms with Gasteiger partial charge in [-0.25, -0.2) is 4.79 Å². The van der Waals surface area contributed by atoms with Crippen LogP contribution >= 0.6 is 12.4 Å². The fourth-order valence-electron chi connectivity index (χ4n) is 2.02. The number of halogens is 1. The van der Waals surface area contributed by atoms with Crippen LogP contribution in [0, 0.1) is 5.41 Å². The summed E-state index contributed by atoms with van der Waals surface area (Å²) in [4.78, 5) is 23.6. The van der Waals surface area contributed by atoms with E-state index in [9.17, 15) is 9.59 Å². The molecule has 1 aromatic carbocycles. The standard InChI is InChI=1S/C15H22N2O3.ClH/c1-4-15(5-2,10-16)14(19)17-12-8-6-11(7-9-12)13(18)20-3;/h6-9H,4-5,10,16H2,1-3H3,(H,17,19);1H. The summed E-state index contributed by atoms with van der Waals surface area (Å²) in [6, 6.07) is 6.58. The van der Waals surface area contributed by atoms with Gasteiger partial charge in [0, 0.05) is 12.2 Å². The molecule has 6 heteroatoms. The van der Waals surface area contributed by atoms with E-state index in [-0.39, 0.29) is 18.3 Å². The molecule has 118 valence electrons. The maximum atomic E-state index is 12.3. The number of nitrogens with one attached hydrogen (secondary N) is 1. The smallest absolute Gasteiger partial charge is 0.337 e. The van der Waals surface area contributed by atoms with Crippen molar-refractivity contribution in [3.05, 3.63) is 29.8 Å². The Hall–Kier alpha value is -1.59. The second kappa shape index (κ2) is 8.64. The third-order valence-corrected chi connectivity index (χ3v) is 3.79. The van der Waals surface area contributed by atoms with Gasteiger partial charge >= 0.3 is 5.97 Å². The highest BCUT2D eigenvalue weighted by molar-refractivity contribution is 5.96. The zero-order valence-electron chi connectivity index (χ0n) is 12.6. The molecule has 0 aliphatic rings. The van der Waals surface area contributed by atoms with Gasteiger partial charge in [0.15, 0.2) is 0 Å². The Kier molecular flexibility index (Phi) is 7.99. The monoisotopic (exact) mass is 314 g/mol. The van der Waals surface area contributed by atoms with Crippen molar-refractivity contribution in [2.75, 3.05) is 19.0 Å². The fourth-order valence-corrected chi connectivity index (χ4v) is 2.02. The lowest BCUT2D eigenvalue weighted by atomic mass is 9.81. The Morgan fingerprint density at radius 1 is 1.19 bits per heavy atom. The summed E-state index contributed by atoms with van der Waals surface area (Å²) in [7, 11) is 1.33. The summed E-state index contributed by atoms with van der Waals surface area (Å²) in [5.41, 5.74) is 6.29.